The number of amides is 1. The summed E-state index contributed by atoms with van der Waals surface area (Å²) < 4.78 is 64.0. The minimum Gasteiger partial charge on any atom is -0.475 e. The van der Waals surface area contributed by atoms with Gasteiger partial charge in [-0.1, -0.05) is 28.9 Å². The maximum absolute atomic E-state index is 13.2. The van der Waals surface area contributed by atoms with Gasteiger partial charge >= 0.3 is 12.1 Å². The summed E-state index contributed by atoms with van der Waals surface area (Å²) in [5.41, 5.74) is 4.51. The Labute approximate surface area is 283 Å². The number of hydrogen-bond donors (Lipinski definition) is 4. The van der Waals surface area contributed by atoms with E-state index in [0.29, 0.717) is 55.6 Å². The van der Waals surface area contributed by atoms with Crippen LogP contribution in [0.4, 0.5) is 42.0 Å². The fraction of sp³-hybridized carbons (Fsp3) is 0.323. The number of alkyl halides is 3. The number of aromatic nitrogens is 3. The molecule has 1 saturated heterocycles. The Morgan fingerprint density at radius 3 is 2.47 bits per heavy atom. The van der Waals surface area contributed by atoms with Gasteiger partial charge in [-0.2, -0.15) is 22.5 Å². The summed E-state index contributed by atoms with van der Waals surface area (Å²) in [6, 6.07) is 13.8. The van der Waals surface area contributed by atoms with Gasteiger partial charge in [-0.05, 0) is 80.0 Å². The van der Waals surface area contributed by atoms with Gasteiger partial charge in [0.1, 0.15) is 9.92 Å². The summed E-state index contributed by atoms with van der Waals surface area (Å²) in [7, 11) is -3.66. The van der Waals surface area contributed by atoms with Crippen LogP contribution in [-0.2, 0) is 32.5 Å². The SMILES string of the molecule is Cc1oncc1S(=O)(=O)N1CCC(CC(=O)Nc2ccc3cc2CCc2cccc(c2)Nc2ncc(Cl)c(n2)N3)CC1.O=C(O)C(F)(F)F. The molecule has 4 heterocycles. The summed E-state index contributed by atoms with van der Waals surface area (Å²) in [6.07, 6.45) is 0.672. The summed E-state index contributed by atoms with van der Waals surface area (Å²) >= 11 is 6.38. The summed E-state index contributed by atoms with van der Waals surface area (Å²) in [4.78, 5) is 31.0. The quantitative estimate of drug-likeness (QED) is 0.188. The van der Waals surface area contributed by atoms with Crippen molar-refractivity contribution < 1.29 is 40.8 Å². The molecule has 0 radical (unpaired) electrons. The van der Waals surface area contributed by atoms with Gasteiger partial charge in [0.05, 0.1) is 12.4 Å². The van der Waals surface area contributed by atoms with Crippen LogP contribution in [0.15, 0.2) is 64.3 Å². The number of rotatable bonds is 5. The molecule has 0 atom stereocenters. The molecule has 4 aromatic rings. The molecule has 18 heteroatoms. The Balaban J connectivity index is 0.000000606. The van der Waals surface area contributed by atoms with E-state index in [1.807, 2.05) is 30.3 Å². The van der Waals surface area contributed by atoms with Crippen LogP contribution in [0.2, 0.25) is 5.02 Å². The first-order valence-corrected chi connectivity index (χ1v) is 16.8. The Bertz CT molecular complexity index is 1950. The van der Waals surface area contributed by atoms with Gasteiger partial charge in [0, 0.05) is 36.6 Å². The Kier molecular flexibility index (Phi) is 10.7. The van der Waals surface area contributed by atoms with Crippen molar-refractivity contribution in [2.75, 3.05) is 29.0 Å². The molecule has 4 N–H and O–H groups in total. The van der Waals surface area contributed by atoms with E-state index in [-0.39, 0.29) is 22.5 Å². The summed E-state index contributed by atoms with van der Waals surface area (Å²) in [5.74, 6) is -1.60. The molecule has 6 rings (SSSR count). The molecular formula is C31H31ClF3N7O6S. The second kappa shape index (κ2) is 14.8. The number of piperidine rings is 1. The molecule has 2 aromatic heterocycles. The van der Waals surface area contributed by atoms with Crippen molar-refractivity contribution in [3.05, 3.63) is 76.8 Å². The second-order valence-corrected chi connectivity index (χ2v) is 13.7. The summed E-state index contributed by atoms with van der Waals surface area (Å²) in [6.45, 7) is 2.27. The van der Waals surface area contributed by atoms with Gasteiger partial charge in [0.25, 0.3) is 0 Å². The van der Waals surface area contributed by atoms with Crippen LogP contribution in [0, 0.1) is 12.8 Å². The number of carboxylic acids is 1. The van der Waals surface area contributed by atoms with Gasteiger partial charge in [-0.15, -0.1) is 0 Å². The van der Waals surface area contributed by atoms with Crippen molar-refractivity contribution in [3.63, 3.8) is 0 Å². The van der Waals surface area contributed by atoms with Gasteiger partial charge in [0.2, 0.25) is 21.9 Å². The van der Waals surface area contributed by atoms with E-state index in [2.05, 4.69) is 43.2 Å². The standard InChI is InChI=1S/C29H30ClN7O4S.C2HF3O2/c1-18-26(17-32-41-18)42(39,40)37-11-9-20(10-12-37)14-27(38)35-25-8-7-23-15-21(25)6-5-19-3-2-4-22(13-19)34-29-31-16-24(30)28(33-23)36-29;3-2(4,5)1(6)7/h2-4,7-8,13,15-17,20H,5-6,9-12,14H2,1H3,(H,35,38)(H2,31,33,34,36);(H,6,7). The van der Waals surface area contributed by atoms with E-state index in [1.54, 1.807) is 13.1 Å². The highest BCUT2D eigenvalue weighted by molar-refractivity contribution is 7.89. The lowest BCUT2D eigenvalue weighted by Gasteiger charge is -2.30. The maximum Gasteiger partial charge on any atom is 0.490 e. The zero-order valence-corrected chi connectivity index (χ0v) is 27.5. The van der Waals surface area contributed by atoms with Crippen molar-refractivity contribution in [2.45, 2.75) is 50.1 Å². The van der Waals surface area contributed by atoms with Gasteiger partial charge < -0.3 is 25.6 Å². The Morgan fingerprint density at radius 2 is 1.80 bits per heavy atom. The fourth-order valence-electron chi connectivity index (χ4n) is 5.36. The molecule has 13 nitrogen and oxygen atoms in total. The second-order valence-electron chi connectivity index (χ2n) is 11.4. The van der Waals surface area contributed by atoms with Crippen molar-refractivity contribution in [1.29, 1.82) is 0 Å². The summed E-state index contributed by atoms with van der Waals surface area (Å²) in [5, 5.41) is 20.7. The highest BCUT2D eigenvalue weighted by Gasteiger charge is 2.38. The number of carboxylic acid groups (broad SMARTS) is 1. The third-order valence-electron chi connectivity index (χ3n) is 7.87. The van der Waals surface area contributed by atoms with Crippen LogP contribution < -0.4 is 16.0 Å². The first kappa shape index (κ1) is 35.6. The predicted molar refractivity (Wildman–Crippen MR) is 174 cm³/mol. The van der Waals surface area contributed by atoms with Crippen LogP contribution in [0.25, 0.3) is 0 Å². The number of nitrogens with zero attached hydrogens (tertiary/aromatic N) is 4. The average Bonchev–Trinajstić information content (AvgIpc) is 3.49. The zero-order chi connectivity index (χ0) is 35.3. The molecule has 1 fully saturated rings. The molecule has 2 aliphatic rings. The topological polar surface area (TPSA) is 180 Å². The number of carbonyl (C=O) groups is 2. The van der Waals surface area contributed by atoms with Crippen LogP contribution in [-0.4, -0.2) is 64.1 Å². The number of halogens is 4. The average molecular weight is 722 g/mol. The number of hydrogen-bond acceptors (Lipinski definition) is 10. The molecule has 260 valence electrons. The number of anilines is 5. The van der Waals surface area contributed by atoms with E-state index in [4.69, 9.17) is 26.0 Å². The molecule has 2 aliphatic heterocycles. The minimum atomic E-state index is -5.08. The van der Waals surface area contributed by atoms with Gasteiger partial charge in [0.15, 0.2) is 11.6 Å². The number of carbonyl (C=O) groups excluding carboxylic acids is 1. The molecule has 2 aromatic carbocycles. The number of benzene rings is 2. The minimum absolute atomic E-state index is 0.0790. The van der Waals surface area contributed by atoms with Gasteiger partial charge in [-0.3, -0.25) is 4.79 Å². The van der Waals surface area contributed by atoms with E-state index in [1.165, 1.54) is 10.5 Å². The molecule has 0 unspecified atom stereocenters. The lowest BCUT2D eigenvalue weighted by Crippen LogP contribution is -2.39. The highest BCUT2D eigenvalue weighted by Crippen LogP contribution is 2.31. The Morgan fingerprint density at radius 1 is 1.08 bits per heavy atom. The third-order valence-corrected chi connectivity index (χ3v) is 10.1. The first-order valence-electron chi connectivity index (χ1n) is 15.0. The van der Waals surface area contributed by atoms with Crippen LogP contribution in [0.5, 0.6) is 0 Å². The van der Waals surface area contributed by atoms with Crippen LogP contribution in [0.1, 0.15) is 36.1 Å². The van der Waals surface area contributed by atoms with Crippen molar-refractivity contribution in [3.8, 4) is 0 Å². The normalized spacial score (nSPS) is 15.2. The van der Waals surface area contributed by atoms with Crippen molar-refractivity contribution in [2.24, 2.45) is 5.92 Å². The number of aliphatic carboxylic acids is 1. The molecule has 49 heavy (non-hydrogen) atoms. The molecule has 6 bridgehead atoms. The molecule has 1 amide bonds. The smallest absolute Gasteiger partial charge is 0.475 e. The molecule has 0 spiro atoms. The van der Waals surface area contributed by atoms with E-state index in [9.17, 15) is 26.4 Å². The van der Waals surface area contributed by atoms with Crippen LogP contribution >= 0.6 is 11.6 Å². The largest absolute Gasteiger partial charge is 0.490 e. The lowest BCUT2D eigenvalue weighted by molar-refractivity contribution is -0.192. The van der Waals surface area contributed by atoms with Crippen LogP contribution in [0.3, 0.4) is 0 Å². The highest BCUT2D eigenvalue weighted by atomic mass is 35.5. The van der Waals surface area contributed by atoms with Gasteiger partial charge in [-0.25, -0.2) is 18.2 Å². The zero-order valence-electron chi connectivity index (χ0n) is 25.9. The predicted octanol–water partition coefficient (Wildman–Crippen LogP) is 6.08. The number of fused-ring (bicyclic) bond motifs is 6. The monoisotopic (exact) mass is 721 g/mol. The Hall–Kier alpha value is -4.74. The lowest BCUT2D eigenvalue weighted by atomic mass is 9.94. The molecule has 0 saturated carbocycles. The van der Waals surface area contributed by atoms with E-state index < -0.39 is 22.2 Å². The number of sulfonamides is 1. The number of nitrogens with one attached hydrogen (secondary N) is 3. The molecular weight excluding hydrogens is 691 g/mol. The van der Waals surface area contributed by atoms with E-state index in [0.717, 1.165) is 34.6 Å². The molecule has 0 aliphatic carbocycles. The van der Waals surface area contributed by atoms with Crippen molar-refractivity contribution in [1.82, 2.24) is 19.4 Å². The first-order chi connectivity index (χ1) is 23.2. The van der Waals surface area contributed by atoms with Crippen molar-refractivity contribution >= 4 is 62.3 Å². The maximum atomic E-state index is 13.2. The number of aryl methyl sites for hydroxylation is 3. The third kappa shape index (κ3) is 9.04. The van der Waals surface area contributed by atoms with E-state index >= 15 is 0 Å². The fourth-order valence-corrected chi connectivity index (χ4v) is 7.04.